The summed E-state index contributed by atoms with van der Waals surface area (Å²) in [5, 5.41) is -1.38. The van der Waals surface area contributed by atoms with Crippen molar-refractivity contribution in [1.82, 2.24) is 0 Å². The number of rotatable bonds is 3. The molecule has 0 fully saturated rings. The lowest BCUT2D eigenvalue weighted by molar-refractivity contribution is -0.143. The molecule has 1 aromatic rings. The molecule has 0 heterocycles. The third-order valence-corrected chi connectivity index (χ3v) is 3.17. The lowest BCUT2D eigenvalue weighted by Gasteiger charge is -2.27. The third kappa shape index (κ3) is 4.05. The Labute approximate surface area is 120 Å². The van der Waals surface area contributed by atoms with Crippen LogP contribution in [0.3, 0.4) is 0 Å². The van der Waals surface area contributed by atoms with E-state index in [-0.39, 0.29) is 18.1 Å². The van der Waals surface area contributed by atoms with Crippen molar-refractivity contribution in [2.75, 3.05) is 0 Å². The Bertz CT molecular complexity index is 497. The molecule has 0 saturated heterocycles. The predicted octanol–water partition coefficient (Wildman–Crippen LogP) is 5.07. The highest BCUT2D eigenvalue weighted by atomic mass is 19.4. The summed E-state index contributed by atoms with van der Waals surface area (Å²) < 4.78 is 76.7. The zero-order valence-electron chi connectivity index (χ0n) is 11.4. The molecule has 0 saturated carbocycles. The van der Waals surface area contributed by atoms with Crippen LogP contribution in [-0.4, -0.2) is 7.85 Å². The average molecular weight is 306 g/mol. The molecule has 1 unspecified atom stereocenters. The van der Waals surface area contributed by atoms with E-state index in [0.29, 0.717) is 12.1 Å². The summed E-state index contributed by atoms with van der Waals surface area (Å²) in [5.41, 5.74) is -2.94. The predicted molar refractivity (Wildman–Crippen MR) is 69.0 cm³/mol. The smallest absolute Gasteiger partial charge is 0.166 e. The van der Waals surface area contributed by atoms with E-state index in [4.69, 9.17) is 7.85 Å². The van der Waals surface area contributed by atoms with Crippen molar-refractivity contribution < 1.29 is 26.3 Å². The highest BCUT2D eigenvalue weighted by Crippen LogP contribution is 2.39. The molecule has 0 aromatic heterocycles. The van der Waals surface area contributed by atoms with Crippen LogP contribution in [0.1, 0.15) is 37.0 Å². The highest BCUT2D eigenvalue weighted by Gasteiger charge is 2.38. The van der Waals surface area contributed by atoms with Crippen molar-refractivity contribution in [3.63, 3.8) is 0 Å². The van der Waals surface area contributed by atoms with Crippen LogP contribution in [0.15, 0.2) is 30.4 Å². The number of hydrogen-bond donors (Lipinski definition) is 0. The van der Waals surface area contributed by atoms with E-state index in [9.17, 15) is 26.3 Å². The molecule has 2 radical (unpaired) electrons. The molecular formula is C14H13BF6. The fourth-order valence-electron chi connectivity index (χ4n) is 1.94. The van der Waals surface area contributed by atoms with Gasteiger partial charge in [0.15, 0.2) is 0 Å². The lowest BCUT2D eigenvalue weighted by Crippen LogP contribution is -2.24. The first-order chi connectivity index (χ1) is 9.44. The molecule has 7 heteroatoms. The van der Waals surface area contributed by atoms with Crippen LogP contribution in [0.4, 0.5) is 26.3 Å². The number of hydrogen-bond acceptors (Lipinski definition) is 0. The van der Waals surface area contributed by atoms with Crippen molar-refractivity contribution in [3.05, 3.63) is 47.0 Å². The molecule has 21 heavy (non-hydrogen) atoms. The molecular weight excluding hydrogens is 293 g/mol. The molecule has 1 atom stereocenters. The number of halogens is 6. The van der Waals surface area contributed by atoms with Crippen LogP contribution in [0.2, 0.25) is 0 Å². The first-order valence-corrected chi connectivity index (χ1v) is 6.16. The zero-order chi connectivity index (χ0) is 16.5. The summed E-state index contributed by atoms with van der Waals surface area (Å²) in [6, 6.07) is 1.42. The molecule has 114 valence electrons. The summed E-state index contributed by atoms with van der Waals surface area (Å²) in [5.74, 6) is 0. The van der Waals surface area contributed by atoms with Gasteiger partial charge in [-0.15, -0.1) is 0 Å². The summed E-state index contributed by atoms with van der Waals surface area (Å²) in [6.45, 7) is 3.18. The zero-order valence-corrected chi connectivity index (χ0v) is 11.4. The van der Waals surface area contributed by atoms with Gasteiger partial charge in [-0.2, -0.15) is 26.3 Å². The summed E-state index contributed by atoms with van der Waals surface area (Å²) in [7, 11) is 5.93. The molecule has 0 aliphatic heterocycles. The Balaban J connectivity index is 3.60. The van der Waals surface area contributed by atoms with Gasteiger partial charge in [-0.05, 0) is 36.0 Å². The second kappa shape index (κ2) is 5.77. The summed E-state index contributed by atoms with van der Waals surface area (Å²) in [4.78, 5) is 0. The van der Waals surface area contributed by atoms with E-state index in [1.54, 1.807) is 13.8 Å². The van der Waals surface area contributed by atoms with Gasteiger partial charge in [-0.1, -0.05) is 25.5 Å². The van der Waals surface area contributed by atoms with Crippen molar-refractivity contribution in [2.45, 2.75) is 37.9 Å². The second-order valence-electron chi connectivity index (χ2n) is 4.69. The van der Waals surface area contributed by atoms with Gasteiger partial charge in [0.1, 0.15) is 0 Å². The van der Waals surface area contributed by atoms with E-state index >= 15 is 0 Å². The topological polar surface area (TPSA) is 0 Å². The highest BCUT2D eigenvalue weighted by molar-refractivity contribution is 6.17. The van der Waals surface area contributed by atoms with Crippen molar-refractivity contribution >= 4 is 7.85 Å². The van der Waals surface area contributed by atoms with Gasteiger partial charge < -0.3 is 0 Å². The SMILES string of the molecule is [B]C(/C=C\C)(CC)c1cc(C(F)(F)F)cc(C(F)(F)F)c1. The first-order valence-electron chi connectivity index (χ1n) is 6.16. The average Bonchev–Trinajstić information content (AvgIpc) is 2.36. The quantitative estimate of drug-likeness (QED) is 0.415. The fourth-order valence-corrected chi connectivity index (χ4v) is 1.94. The largest absolute Gasteiger partial charge is 0.416 e. The Morgan fingerprint density at radius 2 is 1.29 bits per heavy atom. The van der Waals surface area contributed by atoms with Crippen LogP contribution >= 0.6 is 0 Å². The fraction of sp³-hybridized carbons (Fsp3) is 0.429. The van der Waals surface area contributed by atoms with E-state index in [1.807, 2.05) is 0 Å². The first kappa shape index (κ1) is 17.7. The van der Waals surface area contributed by atoms with Gasteiger partial charge in [0.05, 0.1) is 19.0 Å². The molecule has 0 N–H and O–H groups in total. The van der Waals surface area contributed by atoms with Crippen molar-refractivity contribution in [1.29, 1.82) is 0 Å². The van der Waals surface area contributed by atoms with Gasteiger partial charge in [0, 0.05) is 0 Å². The van der Waals surface area contributed by atoms with Crippen molar-refractivity contribution in [3.8, 4) is 0 Å². The van der Waals surface area contributed by atoms with Crippen LogP contribution in [0, 0.1) is 0 Å². The minimum atomic E-state index is -4.87. The van der Waals surface area contributed by atoms with Crippen LogP contribution in [-0.2, 0) is 17.7 Å². The molecule has 0 aliphatic rings. The molecule has 0 amide bonds. The summed E-state index contributed by atoms with van der Waals surface area (Å²) in [6.07, 6.45) is -6.70. The third-order valence-electron chi connectivity index (χ3n) is 3.17. The molecule has 1 rings (SSSR count). The Morgan fingerprint density at radius 3 is 1.57 bits per heavy atom. The Morgan fingerprint density at radius 1 is 0.905 bits per heavy atom. The van der Waals surface area contributed by atoms with Crippen molar-refractivity contribution in [2.24, 2.45) is 0 Å². The maximum absolute atomic E-state index is 12.8. The normalized spacial score (nSPS) is 16.2. The monoisotopic (exact) mass is 306 g/mol. The molecule has 1 aromatic carbocycles. The lowest BCUT2D eigenvalue weighted by atomic mass is 9.62. The Kier molecular flexibility index (Phi) is 4.85. The Hall–Kier alpha value is -1.40. The van der Waals surface area contributed by atoms with Gasteiger partial charge in [-0.3, -0.25) is 0 Å². The number of alkyl halides is 6. The maximum Gasteiger partial charge on any atom is 0.416 e. The van der Waals surface area contributed by atoms with Gasteiger partial charge in [0.25, 0.3) is 0 Å². The minimum Gasteiger partial charge on any atom is -0.166 e. The van der Waals surface area contributed by atoms with Crippen LogP contribution < -0.4 is 0 Å². The summed E-state index contributed by atoms with van der Waals surface area (Å²) >= 11 is 0. The number of benzene rings is 1. The van der Waals surface area contributed by atoms with Gasteiger partial charge in [-0.25, -0.2) is 0 Å². The van der Waals surface area contributed by atoms with Crippen LogP contribution in [0.25, 0.3) is 0 Å². The molecule has 0 nitrogen and oxygen atoms in total. The van der Waals surface area contributed by atoms with E-state index in [0.717, 1.165) is 0 Å². The number of allylic oxidation sites excluding steroid dienone is 2. The van der Waals surface area contributed by atoms with Crippen LogP contribution in [0.5, 0.6) is 0 Å². The van der Waals surface area contributed by atoms with E-state index in [1.165, 1.54) is 12.2 Å². The maximum atomic E-state index is 12.8. The molecule has 0 aliphatic carbocycles. The molecule has 0 bridgehead atoms. The molecule has 0 spiro atoms. The van der Waals surface area contributed by atoms with E-state index in [2.05, 4.69) is 0 Å². The van der Waals surface area contributed by atoms with Gasteiger partial charge >= 0.3 is 12.4 Å². The second-order valence-corrected chi connectivity index (χ2v) is 4.69. The van der Waals surface area contributed by atoms with E-state index < -0.39 is 28.8 Å². The van der Waals surface area contributed by atoms with Gasteiger partial charge in [0.2, 0.25) is 0 Å². The standard InChI is InChI=1S/C14H13BF6/c1-3-5-12(15,4-2)9-6-10(13(16,17)18)8-11(7-9)14(19,20)21/h3,5-8H,4H2,1-2H3/b5-3-. The minimum absolute atomic E-state index is 0.0925.